The molecule has 3 heterocycles. The molecule has 2 N–H and O–H groups in total. The van der Waals surface area contributed by atoms with Gasteiger partial charge < -0.3 is 15.2 Å². The third-order valence-corrected chi connectivity index (χ3v) is 6.44. The van der Waals surface area contributed by atoms with E-state index in [1.165, 1.54) is 6.26 Å². The van der Waals surface area contributed by atoms with Crippen LogP contribution in [0.25, 0.3) is 11.3 Å². The number of aromatic nitrogens is 4. The number of aryl methyl sites for hydroxylation is 3. The molecule has 186 valence electrons. The lowest BCUT2D eigenvalue weighted by atomic mass is 9.81. The van der Waals surface area contributed by atoms with Crippen molar-refractivity contribution in [2.75, 3.05) is 5.32 Å². The molecule has 4 rings (SSSR count). The fraction of sp³-hybridized carbons (Fsp3) is 0.458. The molecule has 0 spiro atoms. The summed E-state index contributed by atoms with van der Waals surface area (Å²) in [6, 6.07) is 2.45. The smallest absolute Gasteiger partial charge is 0.257 e. The van der Waals surface area contributed by atoms with Crippen LogP contribution in [-0.4, -0.2) is 43.7 Å². The monoisotopic (exact) mass is 486 g/mol. The Morgan fingerprint density at radius 3 is 2.60 bits per heavy atom. The second-order valence-electron chi connectivity index (χ2n) is 8.89. The Bertz CT molecular complexity index is 1170. The van der Waals surface area contributed by atoms with Crippen molar-refractivity contribution in [2.24, 2.45) is 13.0 Å². The zero-order chi connectivity index (χ0) is 25.2. The van der Waals surface area contributed by atoms with Gasteiger partial charge in [0.2, 0.25) is 11.8 Å². The fourth-order valence-corrected chi connectivity index (χ4v) is 4.49. The van der Waals surface area contributed by atoms with Gasteiger partial charge in [-0.15, -0.1) is 0 Å². The summed E-state index contributed by atoms with van der Waals surface area (Å²) in [5.41, 5.74) is 3.41. The summed E-state index contributed by atoms with van der Waals surface area (Å²) in [7, 11) is 1.83. The molecule has 0 radical (unpaired) electrons. The van der Waals surface area contributed by atoms with Gasteiger partial charge in [-0.25, -0.2) is 13.8 Å². The zero-order valence-electron chi connectivity index (χ0n) is 19.8. The number of alkyl halides is 2. The number of rotatable bonds is 7. The highest BCUT2D eigenvalue weighted by atomic mass is 19.3. The molecule has 1 aliphatic carbocycles. The van der Waals surface area contributed by atoms with Crippen molar-refractivity contribution >= 4 is 17.6 Å². The van der Waals surface area contributed by atoms with Crippen LogP contribution >= 0.6 is 0 Å². The van der Waals surface area contributed by atoms with Gasteiger partial charge in [0.25, 0.3) is 5.91 Å². The third kappa shape index (κ3) is 5.39. The molecule has 2 amide bonds. The van der Waals surface area contributed by atoms with E-state index >= 15 is 0 Å². The number of hydrogen-bond acceptors (Lipinski definition) is 6. The first kappa shape index (κ1) is 24.5. The predicted molar refractivity (Wildman–Crippen MR) is 124 cm³/mol. The molecular formula is C24H28F2N6O3. The highest BCUT2D eigenvalue weighted by Crippen LogP contribution is 2.37. The lowest BCUT2D eigenvalue weighted by molar-refractivity contribution is -0.121. The molecule has 0 saturated heterocycles. The Morgan fingerprint density at radius 2 is 2.00 bits per heavy atom. The summed E-state index contributed by atoms with van der Waals surface area (Å²) in [4.78, 5) is 30.5. The highest BCUT2D eigenvalue weighted by molar-refractivity contribution is 6.01. The lowest BCUT2D eigenvalue weighted by Crippen LogP contribution is -2.50. The molecule has 3 aromatic rings. The molecule has 0 aliphatic heterocycles. The molecule has 35 heavy (non-hydrogen) atoms. The maximum absolute atomic E-state index is 13.8. The lowest BCUT2D eigenvalue weighted by Gasteiger charge is -2.33. The standard InChI is InChI=1S/C24H28F2N6O3/c1-4-18-17(13-35-31-18)22(33)30-20(15-7-9-24(25,26)10-8-15)23(34)29-19-6-5-16(12-27-19)21-14(2)11-28-32(21)3/h5-6,11-13,15,20H,4,7-10H2,1-3H3,(H,30,33)(H,27,29,34)/t20-/m0/s1. The molecule has 1 saturated carbocycles. The zero-order valence-corrected chi connectivity index (χ0v) is 19.8. The Hall–Kier alpha value is -3.63. The minimum absolute atomic E-state index is 0.113. The van der Waals surface area contributed by atoms with E-state index in [9.17, 15) is 18.4 Å². The molecule has 1 fully saturated rings. The summed E-state index contributed by atoms with van der Waals surface area (Å²) in [5.74, 6) is -3.96. The largest absolute Gasteiger partial charge is 0.364 e. The van der Waals surface area contributed by atoms with E-state index in [2.05, 4.69) is 25.9 Å². The Balaban J connectivity index is 1.52. The number of nitrogens with one attached hydrogen (secondary N) is 2. The Morgan fingerprint density at radius 1 is 1.26 bits per heavy atom. The number of amides is 2. The number of carbonyl (C=O) groups excluding carboxylic acids is 2. The number of nitrogens with zero attached hydrogens (tertiary/aromatic N) is 4. The van der Waals surface area contributed by atoms with E-state index in [0.717, 1.165) is 16.8 Å². The maximum Gasteiger partial charge on any atom is 0.257 e. The summed E-state index contributed by atoms with van der Waals surface area (Å²) in [6.07, 6.45) is 4.63. The normalized spacial score (nSPS) is 16.6. The second-order valence-corrected chi connectivity index (χ2v) is 8.89. The van der Waals surface area contributed by atoms with Crippen LogP contribution in [0.5, 0.6) is 0 Å². The van der Waals surface area contributed by atoms with Crippen molar-refractivity contribution in [1.29, 1.82) is 0 Å². The number of hydrogen-bond donors (Lipinski definition) is 2. The van der Waals surface area contributed by atoms with Gasteiger partial charge in [0.05, 0.1) is 17.6 Å². The predicted octanol–water partition coefficient (Wildman–Crippen LogP) is 3.90. The summed E-state index contributed by atoms with van der Waals surface area (Å²) in [6.45, 7) is 3.77. The number of pyridine rings is 1. The fourth-order valence-electron chi connectivity index (χ4n) is 4.49. The number of carbonyl (C=O) groups is 2. The van der Waals surface area contributed by atoms with Crippen molar-refractivity contribution in [1.82, 2.24) is 25.2 Å². The van der Waals surface area contributed by atoms with Crippen LogP contribution in [0.15, 0.2) is 35.3 Å². The van der Waals surface area contributed by atoms with Crippen LogP contribution < -0.4 is 10.6 Å². The molecule has 3 aromatic heterocycles. The average molecular weight is 487 g/mol. The van der Waals surface area contributed by atoms with Crippen LogP contribution in [-0.2, 0) is 18.3 Å². The van der Waals surface area contributed by atoms with Crippen molar-refractivity contribution in [2.45, 2.75) is 57.9 Å². The molecule has 11 heteroatoms. The molecule has 0 aromatic carbocycles. The summed E-state index contributed by atoms with van der Waals surface area (Å²) in [5, 5.41) is 13.5. The van der Waals surface area contributed by atoms with Crippen LogP contribution in [0, 0.1) is 12.8 Å². The van der Waals surface area contributed by atoms with Crippen molar-refractivity contribution in [3.63, 3.8) is 0 Å². The third-order valence-electron chi connectivity index (χ3n) is 6.44. The van der Waals surface area contributed by atoms with E-state index in [1.807, 2.05) is 27.0 Å². The minimum atomic E-state index is -2.76. The summed E-state index contributed by atoms with van der Waals surface area (Å²) >= 11 is 0. The Labute approximate surface area is 201 Å². The summed E-state index contributed by atoms with van der Waals surface area (Å²) < 4.78 is 34.2. The minimum Gasteiger partial charge on any atom is -0.364 e. The van der Waals surface area contributed by atoms with Gasteiger partial charge in [-0.2, -0.15) is 5.10 Å². The Kier molecular flexibility index (Phi) is 6.95. The van der Waals surface area contributed by atoms with Gasteiger partial charge in [0.1, 0.15) is 23.7 Å². The first-order chi connectivity index (χ1) is 16.7. The topological polar surface area (TPSA) is 115 Å². The molecule has 0 bridgehead atoms. The van der Waals surface area contributed by atoms with Crippen molar-refractivity contribution < 1.29 is 22.9 Å². The number of halogens is 2. The van der Waals surface area contributed by atoms with Gasteiger partial charge >= 0.3 is 0 Å². The highest BCUT2D eigenvalue weighted by Gasteiger charge is 2.40. The van der Waals surface area contributed by atoms with Gasteiger partial charge in [0, 0.05) is 31.6 Å². The molecule has 1 atom stereocenters. The first-order valence-electron chi connectivity index (χ1n) is 11.6. The molecule has 1 aliphatic rings. The van der Waals surface area contributed by atoms with Crippen LogP contribution in [0.4, 0.5) is 14.6 Å². The van der Waals surface area contributed by atoms with Crippen LogP contribution in [0.3, 0.4) is 0 Å². The van der Waals surface area contributed by atoms with E-state index in [0.29, 0.717) is 12.1 Å². The molecular weight excluding hydrogens is 458 g/mol. The second kappa shape index (κ2) is 9.93. The van der Waals surface area contributed by atoms with E-state index in [4.69, 9.17) is 4.52 Å². The van der Waals surface area contributed by atoms with Gasteiger partial charge in [-0.05, 0) is 49.8 Å². The van der Waals surface area contributed by atoms with Gasteiger partial charge in [-0.1, -0.05) is 12.1 Å². The maximum atomic E-state index is 13.8. The van der Waals surface area contributed by atoms with E-state index in [1.54, 1.807) is 23.1 Å². The van der Waals surface area contributed by atoms with Gasteiger partial charge in [0.15, 0.2) is 0 Å². The first-order valence-corrected chi connectivity index (χ1v) is 11.6. The van der Waals surface area contributed by atoms with Gasteiger partial charge in [-0.3, -0.25) is 14.3 Å². The average Bonchev–Trinajstić information content (AvgIpc) is 3.44. The molecule has 0 unspecified atom stereocenters. The number of anilines is 1. The quantitative estimate of drug-likeness (QED) is 0.523. The van der Waals surface area contributed by atoms with Crippen molar-refractivity contribution in [3.05, 3.63) is 47.6 Å². The van der Waals surface area contributed by atoms with Crippen molar-refractivity contribution in [3.8, 4) is 11.3 Å². The van der Waals surface area contributed by atoms with E-state index < -0.39 is 29.7 Å². The van der Waals surface area contributed by atoms with Crippen LogP contribution in [0.2, 0.25) is 0 Å². The SMILES string of the molecule is CCc1nocc1C(=O)N[C@H](C(=O)Nc1ccc(-c2c(C)cnn2C)cn1)C1CCC(F)(F)CC1. The molecule has 9 nitrogen and oxygen atoms in total. The van der Waals surface area contributed by atoms with Crippen LogP contribution in [0.1, 0.15) is 54.2 Å². The van der Waals surface area contributed by atoms with E-state index in [-0.39, 0.29) is 37.1 Å².